The van der Waals surface area contributed by atoms with Crippen molar-refractivity contribution < 1.29 is 9.90 Å². The Morgan fingerprint density at radius 1 is 1.24 bits per heavy atom. The Labute approximate surface area is 199 Å². The van der Waals surface area contributed by atoms with E-state index in [1.165, 1.54) is 6.33 Å². The van der Waals surface area contributed by atoms with E-state index in [4.69, 9.17) is 0 Å². The molecule has 2 unspecified atom stereocenters. The summed E-state index contributed by atoms with van der Waals surface area (Å²) in [6, 6.07) is 7.80. The van der Waals surface area contributed by atoms with Crippen molar-refractivity contribution in [2.45, 2.75) is 31.8 Å². The number of amides is 1. The van der Waals surface area contributed by atoms with Gasteiger partial charge in [-0.15, -0.1) is 0 Å². The largest absolute Gasteiger partial charge is 0.508 e. The number of aromatic nitrogens is 3. The average Bonchev–Trinajstić information content (AvgIpc) is 3.34. The summed E-state index contributed by atoms with van der Waals surface area (Å²) in [6.45, 7) is 8.02. The lowest BCUT2D eigenvalue weighted by Crippen LogP contribution is -2.56. The van der Waals surface area contributed by atoms with Gasteiger partial charge in [-0.25, -0.2) is 9.50 Å². The minimum absolute atomic E-state index is 0.0796. The minimum Gasteiger partial charge on any atom is -0.508 e. The van der Waals surface area contributed by atoms with Crippen molar-refractivity contribution in [3.63, 3.8) is 0 Å². The lowest BCUT2D eigenvalue weighted by molar-refractivity contribution is -0.130. The quantitative estimate of drug-likeness (QED) is 0.431. The Morgan fingerprint density at radius 3 is 2.65 bits per heavy atom. The number of phenols is 1. The van der Waals surface area contributed by atoms with E-state index in [1.54, 1.807) is 6.07 Å². The van der Waals surface area contributed by atoms with Crippen molar-refractivity contribution in [3.05, 3.63) is 54.5 Å². The third-order valence-corrected chi connectivity index (χ3v) is 6.76. The fourth-order valence-electron chi connectivity index (χ4n) is 5.22. The van der Waals surface area contributed by atoms with Gasteiger partial charge in [0, 0.05) is 49.2 Å². The van der Waals surface area contributed by atoms with Crippen molar-refractivity contribution in [2.24, 2.45) is 0 Å². The average molecular weight is 462 g/mol. The van der Waals surface area contributed by atoms with Crippen LogP contribution in [0.1, 0.15) is 18.4 Å². The molecule has 34 heavy (non-hydrogen) atoms. The Balaban J connectivity index is 1.41. The van der Waals surface area contributed by atoms with Gasteiger partial charge in [0.1, 0.15) is 17.6 Å². The maximum atomic E-state index is 13.1. The van der Waals surface area contributed by atoms with Crippen LogP contribution in [-0.2, 0) is 4.79 Å². The molecule has 0 radical (unpaired) electrons. The van der Waals surface area contributed by atoms with E-state index in [0.29, 0.717) is 17.9 Å². The van der Waals surface area contributed by atoms with Crippen molar-refractivity contribution in [3.8, 4) is 5.75 Å². The zero-order valence-corrected chi connectivity index (χ0v) is 19.9. The first-order valence-electron chi connectivity index (χ1n) is 11.6. The number of rotatable bonds is 6. The lowest BCUT2D eigenvalue weighted by atomic mass is 10.1. The molecule has 2 saturated heterocycles. The van der Waals surface area contributed by atoms with Crippen LogP contribution in [0.15, 0.2) is 48.9 Å². The molecule has 2 N–H and O–H groups in total. The van der Waals surface area contributed by atoms with E-state index < -0.39 is 0 Å². The standard InChI is InChI=1S/C25H31N7O2/c1-16-11-18(5-8-22(16)33)28-24-23-21(9-10-31(23)27-15-26-24)30-13-19-6-7-20(14-30)32(19)25(34)17(2)12-29(3)4/h5,8-11,15,19-20,33H,2,6-7,12-14H2,1,3-4H3,(H,26,27,28). The SMILES string of the molecule is C=C(CN(C)C)C(=O)N1C2CCC1CN(c1ccn3ncnc(Nc4ccc(O)c(C)c4)c13)C2. The molecule has 9 heteroatoms. The van der Waals surface area contributed by atoms with E-state index in [0.717, 1.165) is 48.4 Å². The van der Waals surface area contributed by atoms with Crippen LogP contribution in [0, 0.1) is 6.92 Å². The number of phenolic OH excluding ortho intramolecular Hbond substituents is 1. The number of fused-ring (bicyclic) bond motifs is 3. The zero-order valence-electron chi connectivity index (χ0n) is 19.9. The number of carbonyl (C=O) groups excluding carboxylic acids is 1. The predicted octanol–water partition coefficient (Wildman–Crippen LogP) is 2.78. The highest BCUT2D eigenvalue weighted by Gasteiger charge is 2.43. The number of carbonyl (C=O) groups is 1. The topological polar surface area (TPSA) is 89.2 Å². The van der Waals surface area contributed by atoms with Gasteiger partial charge >= 0.3 is 0 Å². The van der Waals surface area contributed by atoms with E-state index in [1.807, 2.05) is 48.8 Å². The number of piperazine rings is 1. The molecule has 4 heterocycles. The molecule has 0 spiro atoms. The highest BCUT2D eigenvalue weighted by molar-refractivity contribution is 5.94. The molecule has 2 aliphatic rings. The number of benzene rings is 1. The summed E-state index contributed by atoms with van der Waals surface area (Å²) in [6.07, 6.45) is 5.48. The molecule has 2 aliphatic heterocycles. The molecule has 178 valence electrons. The molecular formula is C25H31N7O2. The summed E-state index contributed by atoms with van der Waals surface area (Å²) >= 11 is 0. The number of aryl methyl sites for hydroxylation is 1. The fraction of sp³-hybridized carbons (Fsp3) is 0.400. The molecule has 2 aromatic heterocycles. The molecule has 1 amide bonds. The molecule has 0 aliphatic carbocycles. The Bertz CT molecular complexity index is 1240. The second-order valence-electron chi connectivity index (χ2n) is 9.57. The molecule has 2 atom stereocenters. The van der Waals surface area contributed by atoms with E-state index in [2.05, 4.69) is 37.8 Å². The molecule has 3 aromatic rings. The van der Waals surface area contributed by atoms with Gasteiger partial charge < -0.3 is 25.1 Å². The first-order chi connectivity index (χ1) is 16.3. The van der Waals surface area contributed by atoms with Gasteiger partial charge in [0.2, 0.25) is 0 Å². The molecule has 5 rings (SSSR count). The van der Waals surface area contributed by atoms with Crippen LogP contribution < -0.4 is 10.2 Å². The maximum Gasteiger partial charge on any atom is 0.251 e. The number of anilines is 3. The molecular weight excluding hydrogens is 430 g/mol. The van der Waals surface area contributed by atoms with Gasteiger partial charge in [0.25, 0.3) is 5.91 Å². The first kappa shape index (κ1) is 22.2. The van der Waals surface area contributed by atoms with Crippen molar-refractivity contribution in [1.82, 2.24) is 24.4 Å². The van der Waals surface area contributed by atoms with Crippen LogP contribution in [0.5, 0.6) is 5.75 Å². The van der Waals surface area contributed by atoms with E-state index >= 15 is 0 Å². The molecule has 1 aromatic carbocycles. The summed E-state index contributed by atoms with van der Waals surface area (Å²) < 4.78 is 1.83. The van der Waals surface area contributed by atoms with Gasteiger partial charge in [-0.05, 0) is 63.7 Å². The van der Waals surface area contributed by atoms with Crippen LogP contribution in [0.2, 0.25) is 0 Å². The Morgan fingerprint density at radius 2 is 1.97 bits per heavy atom. The third kappa shape index (κ3) is 3.96. The summed E-state index contributed by atoms with van der Waals surface area (Å²) in [4.78, 5) is 24.1. The van der Waals surface area contributed by atoms with Gasteiger partial charge in [0.05, 0.1) is 5.69 Å². The van der Waals surface area contributed by atoms with Crippen molar-refractivity contribution in [2.75, 3.05) is 43.9 Å². The van der Waals surface area contributed by atoms with Crippen molar-refractivity contribution >= 4 is 28.6 Å². The van der Waals surface area contributed by atoms with Crippen LogP contribution in [0.3, 0.4) is 0 Å². The molecule has 2 fully saturated rings. The highest BCUT2D eigenvalue weighted by atomic mass is 16.3. The lowest BCUT2D eigenvalue weighted by Gasteiger charge is -2.42. The zero-order chi connectivity index (χ0) is 24.0. The van der Waals surface area contributed by atoms with Gasteiger partial charge in [-0.1, -0.05) is 6.58 Å². The third-order valence-electron chi connectivity index (χ3n) is 6.76. The summed E-state index contributed by atoms with van der Waals surface area (Å²) in [5.41, 5.74) is 4.23. The number of nitrogens with one attached hydrogen (secondary N) is 1. The summed E-state index contributed by atoms with van der Waals surface area (Å²) in [5.74, 6) is 1.04. The van der Waals surface area contributed by atoms with Crippen LogP contribution in [-0.4, -0.2) is 81.2 Å². The van der Waals surface area contributed by atoms with Gasteiger partial charge in [-0.3, -0.25) is 4.79 Å². The first-order valence-corrected chi connectivity index (χ1v) is 11.6. The van der Waals surface area contributed by atoms with Gasteiger partial charge in [0.15, 0.2) is 5.82 Å². The predicted molar refractivity (Wildman–Crippen MR) is 133 cm³/mol. The normalized spacial score (nSPS) is 19.8. The minimum atomic E-state index is 0.0796. The molecule has 2 bridgehead atoms. The number of likely N-dealkylation sites (N-methyl/N-ethyl adjacent to an activating group) is 1. The molecule has 0 saturated carbocycles. The van der Waals surface area contributed by atoms with E-state index in [9.17, 15) is 9.90 Å². The van der Waals surface area contributed by atoms with Crippen LogP contribution in [0.4, 0.5) is 17.2 Å². The second-order valence-corrected chi connectivity index (χ2v) is 9.57. The Kier molecular flexibility index (Phi) is 5.65. The number of nitrogens with zero attached hydrogens (tertiary/aromatic N) is 6. The second kappa shape index (κ2) is 8.64. The number of hydrogen-bond acceptors (Lipinski definition) is 7. The number of aromatic hydroxyl groups is 1. The smallest absolute Gasteiger partial charge is 0.251 e. The maximum absolute atomic E-state index is 13.1. The van der Waals surface area contributed by atoms with Crippen LogP contribution in [0.25, 0.3) is 5.52 Å². The highest BCUT2D eigenvalue weighted by Crippen LogP contribution is 2.37. The summed E-state index contributed by atoms with van der Waals surface area (Å²) in [7, 11) is 3.91. The Hall–Kier alpha value is -3.59. The van der Waals surface area contributed by atoms with Gasteiger partial charge in [-0.2, -0.15) is 5.10 Å². The van der Waals surface area contributed by atoms with Crippen LogP contribution >= 0.6 is 0 Å². The summed E-state index contributed by atoms with van der Waals surface area (Å²) in [5, 5.41) is 17.6. The monoisotopic (exact) mass is 461 g/mol. The molecule has 9 nitrogen and oxygen atoms in total. The van der Waals surface area contributed by atoms with E-state index in [-0.39, 0.29) is 23.7 Å². The number of hydrogen-bond donors (Lipinski definition) is 2. The fourth-order valence-corrected chi connectivity index (χ4v) is 5.22. The van der Waals surface area contributed by atoms with Crippen molar-refractivity contribution in [1.29, 1.82) is 0 Å².